The van der Waals surface area contributed by atoms with Gasteiger partial charge in [0, 0.05) is 10.8 Å². The number of esters is 4. The summed E-state index contributed by atoms with van der Waals surface area (Å²) in [4.78, 5) is 76.3. The third kappa shape index (κ3) is 2.33. The highest BCUT2D eigenvalue weighted by atomic mass is 16.5. The summed E-state index contributed by atoms with van der Waals surface area (Å²) in [5, 5.41) is 0. The SMILES string of the molecule is COC(=O)[C@@H]1C(=O)[C@H](C(=O)OC)C2(C)[C@@H](C(=O)OC)C(=O)[C@@H](C(=O)OC)C12C. The zero-order chi connectivity index (χ0) is 21.6. The van der Waals surface area contributed by atoms with Crippen LogP contribution in [0, 0.1) is 34.5 Å². The summed E-state index contributed by atoms with van der Waals surface area (Å²) in [6.45, 7) is 2.66. The fourth-order valence-corrected chi connectivity index (χ4v) is 5.01. The van der Waals surface area contributed by atoms with Gasteiger partial charge in [-0.25, -0.2) is 0 Å². The van der Waals surface area contributed by atoms with Gasteiger partial charge in [-0.2, -0.15) is 0 Å². The lowest BCUT2D eigenvalue weighted by Gasteiger charge is -2.41. The number of ketones is 2. The van der Waals surface area contributed by atoms with Crippen molar-refractivity contribution >= 4 is 35.4 Å². The predicted octanol–water partition coefficient (Wildman–Crippen LogP) is -0.679. The second kappa shape index (κ2) is 6.99. The highest BCUT2D eigenvalue weighted by molar-refractivity contribution is 6.20. The molecule has 2 rings (SSSR count). The molecule has 10 heteroatoms. The summed E-state index contributed by atoms with van der Waals surface area (Å²) in [7, 11) is 4.12. The largest absolute Gasteiger partial charge is 0.468 e. The molecular weight excluding hydrogens is 376 g/mol. The lowest BCUT2D eigenvalue weighted by atomic mass is 9.58. The van der Waals surface area contributed by atoms with E-state index in [4.69, 9.17) is 18.9 Å². The lowest BCUT2D eigenvalue weighted by Crippen LogP contribution is -2.48. The van der Waals surface area contributed by atoms with E-state index in [-0.39, 0.29) is 0 Å². The average molecular weight is 398 g/mol. The molecule has 0 aliphatic heterocycles. The number of Topliss-reactive ketones (excluding diaryl/α,β-unsaturated/α-hetero) is 2. The molecule has 2 saturated carbocycles. The van der Waals surface area contributed by atoms with Crippen molar-refractivity contribution in [2.45, 2.75) is 13.8 Å². The first kappa shape index (κ1) is 21.5. The van der Waals surface area contributed by atoms with Crippen LogP contribution in [-0.2, 0) is 47.7 Å². The molecule has 2 aliphatic rings. The Labute approximate surface area is 160 Å². The van der Waals surface area contributed by atoms with Crippen molar-refractivity contribution in [1.82, 2.24) is 0 Å². The van der Waals surface area contributed by atoms with E-state index in [0.717, 1.165) is 28.4 Å². The van der Waals surface area contributed by atoms with E-state index in [1.807, 2.05) is 0 Å². The van der Waals surface area contributed by atoms with E-state index in [9.17, 15) is 28.8 Å². The Morgan fingerprint density at radius 3 is 0.893 bits per heavy atom. The van der Waals surface area contributed by atoms with Gasteiger partial charge in [-0.1, -0.05) is 13.8 Å². The normalized spacial score (nSPS) is 36.5. The van der Waals surface area contributed by atoms with E-state index in [1.54, 1.807) is 0 Å². The van der Waals surface area contributed by atoms with Gasteiger partial charge in [-0.15, -0.1) is 0 Å². The van der Waals surface area contributed by atoms with Crippen LogP contribution in [0.2, 0.25) is 0 Å². The number of rotatable bonds is 4. The van der Waals surface area contributed by atoms with Crippen molar-refractivity contribution < 1.29 is 47.7 Å². The van der Waals surface area contributed by atoms with Crippen LogP contribution in [0.25, 0.3) is 0 Å². The predicted molar refractivity (Wildman–Crippen MR) is 88.3 cm³/mol. The summed E-state index contributed by atoms with van der Waals surface area (Å²) in [6, 6.07) is 0. The minimum Gasteiger partial charge on any atom is -0.468 e. The van der Waals surface area contributed by atoms with Crippen molar-refractivity contribution in [3.63, 3.8) is 0 Å². The zero-order valence-corrected chi connectivity index (χ0v) is 16.4. The highest BCUT2D eigenvalue weighted by Gasteiger charge is 2.82. The molecule has 0 unspecified atom stereocenters. The van der Waals surface area contributed by atoms with Gasteiger partial charge in [0.05, 0.1) is 28.4 Å². The Kier molecular flexibility index (Phi) is 5.37. The summed E-state index contributed by atoms with van der Waals surface area (Å²) in [5.41, 5.74) is -3.56. The molecule has 28 heavy (non-hydrogen) atoms. The van der Waals surface area contributed by atoms with Crippen molar-refractivity contribution in [3.05, 3.63) is 0 Å². The molecule has 0 amide bonds. The van der Waals surface area contributed by atoms with Crippen LogP contribution < -0.4 is 0 Å². The second-order valence-electron chi connectivity index (χ2n) is 7.19. The third-order valence-electron chi connectivity index (χ3n) is 6.45. The first-order chi connectivity index (χ1) is 13.0. The first-order valence-corrected chi connectivity index (χ1v) is 8.39. The van der Waals surface area contributed by atoms with Gasteiger partial charge in [-0.05, 0) is 0 Å². The Morgan fingerprint density at radius 2 is 0.750 bits per heavy atom. The zero-order valence-electron chi connectivity index (χ0n) is 16.4. The summed E-state index contributed by atoms with van der Waals surface area (Å²) in [5.74, 6) is -12.5. The van der Waals surface area contributed by atoms with Gasteiger partial charge in [0.25, 0.3) is 0 Å². The minimum absolute atomic E-state index is 0.890. The monoisotopic (exact) mass is 398 g/mol. The third-order valence-corrected chi connectivity index (χ3v) is 6.45. The molecule has 0 aromatic rings. The second-order valence-corrected chi connectivity index (χ2v) is 7.19. The molecule has 0 radical (unpaired) electrons. The van der Waals surface area contributed by atoms with Crippen LogP contribution >= 0.6 is 0 Å². The van der Waals surface area contributed by atoms with Gasteiger partial charge in [0.1, 0.15) is 23.7 Å². The maximum atomic E-state index is 13.1. The number of hydrogen-bond acceptors (Lipinski definition) is 10. The van der Waals surface area contributed by atoms with Gasteiger partial charge < -0.3 is 18.9 Å². The Bertz CT molecular complexity index is 650. The molecule has 0 aromatic heterocycles. The smallest absolute Gasteiger partial charge is 0.316 e. The highest BCUT2D eigenvalue weighted by Crippen LogP contribution is 2.70. The van der Waals surface area contributed by atoms with Crippen molar-refractivity contribution in [2.75, 3.05) is 28.4 Å². The van der Waals surface area contributed by atoms with Crippen LogP contribution in [0.5, 0.6) is 0 Å². The van der Waals surface area contributed by atoms with Gasteiger partial charge in [0.2, 0.25) is 0 Å². The van der Waals surface area contributed by atoms with Crippen molar-refractivity contribution in [2.24, 2.45) is 34.5 Å². The van der Waals surface area contributed by atoms with Crippen LogP contribution in [0.4, 0.5) is 0 Å². The fourth-order valence-electron chi connectivity index (χ4n) is 5.01. The van der Waals surface area contributed by atoms with E-state index < -0.39 is 69.9 Å². The number of hydrogen-bond donors (Lipinski definition) is 0. The molecule has 2 aliphatic carbocycles. The summed E-state index contributed by atoms with van der Waals surface area (Å²) >= 11 is 0. The number of ether oxygens (including phenoxy) is 4. The molecule has 2 fully saturated rings. The first-order valence-electron chi connectivity index (χ1n) is 8.39. The molecule has 0 bridgehead atoms. The van der Waals surface area contributed by atoms with Gasteiger partial charge in [0.15, 0.2) is 11.6 Å². The van der Waals surface area contributed by atoms with E-state index in [0.29, 0.717) is 0 Å². The van der Waals surface area contributed by atoms with Crippen molar-refractivity contribution in [3.8, 4) is 0 Å². The lowest BCUT2D eigenvalue weighted by molar-refractivity contribution is -0.165. The van der Waals surface area contributed by atoms with Crippen molar-refractivity contribution in [1.29, 1.82) is 0 Å². The van der Waals surface area contributed by atoms with Gasteiger partial charge >= 0.3 is 23.9 Å². The standard InChI is InChI=1S/C18H22O10/c1-17-7(13(21)25-3)11(19)9(15(23)27-5)18(17,2)10(16(24)28-6)12(20)8(17)14(22)26-4/h7-10H,1-6H3/t7-,8-,9+,10+,17?,18?. The maximum absolute atomic E-state index is 13.1. The molecule has 10 nitrogen and oxygen atoms in total. The fraction of sp³-hybridized carbons (Fsp3) is 0.667. The Morgan fingerprint density at radius 1 is 0.571 bits per heavy atom. The minimum atomic E-state index is -1.78. The summed E-state index contributed by atoms with van der Waals surface area (Å²) < 4.78 is 18.8. The van der Waals surface area contributed by atoms with Crippen LogP contribution in [0.15, 0.2) is 0 Å². The number of carbonyl (C=O) groups excluding carboxylic acids is 6. The van der Waals surface area contributed by atoms with Crippen LogP contribution in [-0.4, -0.2) is 63.9 Å². The molecule has 0 spiro atoms. The molecule has 0 aromatic carbocycles. The van der Waals surface area contributed by atoms with E-state index in [1.165, 1.54) is 13.8 Å². The van der Waals surface area contributed by atoms with E-state index in [2.05, 4.69) is 0 Å². The molecular formula is C18H22O10. The topological polar surface area (TPSA) is 139 Å². The van der Waals surface area contributed by atoms with Crippen LogP contribution in [0.3, 0.4) is 0 Å². The quantitative estimate of drug-likeness (QED) is 0.340. The summed E-state index contributed by atoms with van der Waals surface area (Å²) in [6.07, 6.45) is 0. The molecule has 0 heterocycles. The molecule has 0 N–H and O–H groups in total. The van der Waals surface area contributed by atoms with E-state index >= 15 is 0 Å². The number of fused-ring (bicyclic) bond motifs is 1. The molecule has 4 atom stereocenters. The van der Waals surface area contributed by atoms with Gasteiger partial charge in [-0.3, -0.25) is 28.8 Å². The number of carbonyl (C=O) groups is 6. The Hall–Kier alpha value is -2.78. The number of methoxy groups -OCH3 is 4. The Balaban J connectivity index is 2.92. The molecule has 154 valence electrons. The molecule has 0 saturated heterocycles. The maximum Gasteiger partial charge on any atom is 0.316 e. The average Bonchev–Trinajstić information content (AvgIpc) is 2.94. The van der Waals surface area contributed by atoms with Crippen LogP contribution in [0.1, 0.15) is 13.8 Å².